The third kappa shape index (κ3) is 4.67. The zero-order valence-electron chi connectivity index (χ0n) is 13.2. The predicted molar refractivity (Wildman–Crippen MR) is 82.5 cm³/mol. The van der Waals surface area contributed by atoms with Gasteiger partial charge in [-0.2, -0.15) is 0 Å². The van der Waals surface area contributed by atoms with Crippen molar-refractivity contribution in [3.05, 3.63) is 18.2 Å². The Hall–Kier alpha value is -2.64. The van der Waals surface area contributed by atoms with Crippen LogP contribution in [0, 0.1) is 0 Å². The van der Waals surface area contributed by atoms with Crippen molar-refractivity contribution in [1.29, 1.82) is 0 Å². The topological polar surface area (TPSA) is 99.4 Å². The number of nitrogens with zero attached hydrogens (tertiary/aromatic N) is 4. The minimum absolute atomic E-state index is 0.190. The normalized spacial score (nSPS) is 10.5. The number of hydrogen-bond donors (Lipinski definition) is 1. The number of methoxy groups -OCH3 is 2. The van der Waals surface area contributed by atoms with Gasteiger partial charge in [-0.3, -0.25) is 4.79 Å². The summed E-state index contributed by atoms with van der Waals surface area (Å²) in [6.07, 6.45) is 2.47. The van der Waals surface area contributed by atoms with Crippen LogP contribution in [-0.4, -0.2) is 45.5 Å². The highest BCUT2D eigenvalue weighted by Crippen LogP contribution is 2.28. The second kappa shape index (κ2) is 8.11. The number of rotatable bonds is 9. The summed E-state index contributed by atoms with van der Waals surface area (Å²) in [7, 11) is 3.17. The first-order chi connectivity index (χ1) is 11.1. The summed E-state index contributed by atoms with van der Waals surface area (Å²) in [4.78, 5) is 10.5. The van der Waals surface area contributed by atoms with Gasteiger partial charge in [-0.1, -0.05) is 6.42 Å². The molecule has 8 nitrogen and oxygen atoms in total. The van der Waals surface area contributed by atoms with Crippen molar-refractivity contribution in [2.24, 2.45) is 0 Å². The standard InChI is InChI=1S/C15H20N4O4/c1-22-12-8-11(9-13(10-12)23-2)15-16-17-18-19(15)7-5-3-4-6-14(20)21/h8-10H,3-7H2,1-2H3,(H,20,21). The monoisotopic (exact) mass is 320 g/mol. The van der Waals surface area contributed by atoms with Crippen molar-refractivity contribution in [2.75, 3.05) is 14.2 Å². The molecular weight excluding hydrogens is 300 g/mol. The molecule has 0 aliphatic heterocycles. The van der Waals surface area contributed by atoms with E-state index in [1.807, 2.05) is 12.1 Å². The first kappa shape index (κ1) is 16.7. The summed E-state index contributed by atoms with van der Waals surface area (Å²) in [5.74, 6) is 1.18. The number of hydrogen-bond acceptors (Lipinski definition) is 6. The van der Waals surface area contributed by atoms with Crippen LogP contribution in [0.25, 0.3) is 11.4 Å². The molecule has 1 aromatic carbocycles. The molecule has 0 radical (unpaired) electrons. The van der Waals surface area contributed by atoms with Gasteiger partial charge in [-0.15, -0.1) is 5.10 Å². The first-order valence-corrected chi connectivity index (χ1v) is 7.35. The average Bonchev–Trinajstić information content (AvgIpc) is 3.02. The van der Waals surface area contributed by atoms with Crippen LogP contribution in [0.4, 0.5) is 0 Å². The van der Waals surface area contributed by atoms with Gasteiger partial charge in [-0.05, 0) is 35.4 Å². The quantitative estimate of drug-likeness (QED) is 0.705. The van der Waals surface area contributed by atoms with Gasteiger partial charge in [-0.25, -0.2) is 4.68 Å². The van der Waals surface area contributed by atoms with Crippen molar-refractivity contribution >= 4 is 5.97 Å². The fraction of sp³-hybridized carbons (Fsp3) is 0.467. The molecule has 0 saturated heterocycles. The molecule has 124 valence electrons. The number of tetrazole rings is 1. The third-order valence-electron chi connectivity index (χ3n) is 3.40. The lowest BCUT2D eigenvalue weighted by Gasteiger charge is -2.09. The van der Waals surface area contributed by atoms with E-state index in [0.29, 0.717) is 30.3 Å². The van der Waals surface area contributed by atoms with Crippen molar-refractivity contribution in [2.45, 2.75) is 32.2 Å². The summed E-state index contributed by atoms with van der Waals surface area (Å²) in [6, 6.07) is 5.47. The van der Waals surface area contributed by atoms with Crippen LogP contribution in [-0.2, 0) is 11.3 Å². The van der Waals surface area contributed by atoms with E-state index in [1.165, 1.54) is 0 Å². The maximum absolute atomic E-state index is 10.5. The number of unbranched alkanes of at least 4 members (excludes halogenated alkanes) is 2. The molecule has 2 rings (SSSR count). The van der Waals surface area contributed by atoms with Crippen molar-refractivity contribution in [1.82, 2.24) is 20.2 Å². The molecule has 0 atom stereocenters. The van der Waals surface area contributed by atoms with E-state index in [9.17, 15) is 4.79 Å². The fourth-order valence-corrected chi connectivity index (χ4v) is 2.21. The smallest absolute Gasteiger partial charge is 0.303 e. The largest absolute Gasteiger partial charge is 0.497 e. The molecule has 0 amide bonds. The van der Waals surface area contributed by atoms with E-state index in [1.54, 1.807) is 25.0 Å². The number of benzene rings is 1. The van der Waals surface area contributed by atoms with Gasteiger partial charge in [0.05, 0.1) is 14.2 Å². The Labute approximate surface area is 134 Å². The summed E-state index contributed by atoms with van der Waals surface area (Å²) in [6.45, 7) is 0.626. The van der Waals surface area contributed by atoms with Crippen LogP contribution in [0.15, 0.2) is 18.2 Å². The van der Waals surface area contributed by atoms with Gasteiger partial charge >= 0.3 is 5.97 Å². The third-order valence-corrected chi connectivity index (χ3v) is 3.40. The molecule has 8 heteroatoms. The van der Waals surface area contributed by atoms with E-state index in [-0.39, 0.29) is 6.42 Å². The maximum atomic E-state index is 10.5. The van der Waals surface area contributed by atoms with E-state index in [2.05, 4.69) is 15.5 Å². The SMILES string of the molecule is COc1cc(OC)cc(-c2nnnn2CCCCCC(=O)O)c1. The molecule has 0 bridgehead atoms. The van der Waals surface area contributed by atoms with E-state index in [0.717, 1.165) is 18.4 Å². The molecule has 0 spiro atoms. The van der Waals surface area contributed by atoms with Crippen LogP contribution < -0.4 is 9.47 Å². The molecular formula is C15H20N4O4. The molecule has 1 N–H and O–H groups in total. The number of carbonyl (C=O) groups is 1. The van der Waals surface area contributed by atoms with E-state index in [4.69, 9.17) is 14.6 Å². The second-order valence-corrected chi connectivity index (χ2v) is 5.03. The Morgan fingerprint density at radius 1 is 1.13 bits per heavy atom. The van der Waals surface area contributed by atoms with Gasteiger partial charge in [0, 0.05) is 24.6 Å². The van der Waals surface area contributed by atoms with Gasteiger partial charge in [0.25, 0.3) is 0 Å². The molecule has 0 fully saturated rings. The number of aryl methyl sites for hydroxylation is 1. The van der Waals surface area contributed by atoms with Crippen LogP contribution >= 0.6 is 0 Å². The molecule has 0 unspecified atom stereocenters. The number of carboxylic acid groups (broad SMARTS) is 1. The minimum Gasteiger partial charge on any atom is -0.497 e. The van der Waals surface area contributed by atoms with Gasteiger partial charge < -0.3 is 14.6 Å². The predicted octanol–water partition coefficient (Wildman–Crippen LogP) is 2.00. The van der Waals surface area contributed by atoms with Crippen molar-refractivity contribution in [3.8, 4) is 22.9 Å². The zero-order valence-corrected chi connectivity index (χ0v) is 13.2. The second-order valence-electron chi connectivity index (χ2n) is 5.03. The fourth-order valence-electron chi connectivity index (χ4n) is 2.21. The summed E-state index contributed by atoms with van der Waals surface area (Å²) in [5, 5.41) is 20.4. The van der Waals surface area contributed by atoms with Crippen LogP contribution in [0.5, 0.6) is 11.5 Å². The Morgan fingerprint density at radius 2 is 1.83 bits per heavy atom. The molecule has 0 saturated carbocycles. The maximum Gasteiger partial charge on any atom is 0.303 e. The summed E-state index contributed by atoms with van der Waals surface area (Å²) < 4.78 is 12.2. The van der Waals surface area contributed by atoms with Crippen molar-refractivity contribution < 1.29 is 19.4 Å². The highest BCUT2D eigenvalue weighted by atomic mass is 16.5. The molecule has 1 aromatic heterocycles. The zero-order chi connectivity index (χ0) is 16.7. The van der Waals surface area contributed by atoms with Gasteiger partial charge in [0.1, 0.15) is 11.5 Å². The molecule has 23 heavy (non-hydrogen) atoms. The Morgan fingerprint density at radius 3 is 2.43 bits per heavy atom. The van der Waals surface area contributed by atoms with E-state index < -0.39 is 5.97 Å². The minimum atomic E-state index is -0.767. The molecule has 0 aliphatic carbocycles. The summed E-state index contributed by atoms with van der Waals surface area (Å²) >= 11 is 0. The lowest BCUT2D eigenvalue weighted by molar-refractivity contribution is -0.137. The number of ether oxygens (including phenoxy) is 2. The van der Waals surface area contributed by atoms with Gasteiger partial charge in [0.2, 0.25) is 0 Å². The average molecular weight is 320 g/mol. The highest BCUT2D eigenvalue weighted by molar-refractivity contribution is 5.66. The van der Waals surface area contributed by atoms with Crippen LogP contribution in [0.3, 0.4) is 0 Å². The Bertz CT molecular complexity index is 634. The van der Waals surface area contributed by atoms with Crippen molar-refractivity contribution in [3.63, 3.8) is 0 Å². The van der Waals surface area contributed by atoms with Gasteiger partial charge in [0.15, 0.2) is 5.82 Å². The van der Waals surface area contributed by atoms with Crippen LogP contribution in [0.1, 0.15) is 25.7 Å². The highest BCUT2D eigenvalue weighted by Gasteiger charge is 2.12. The van der Waals surface area contributed by atoms with Crippen LogP contribution in [0.2, 0.25) is 0 Å². The van der Waals surface area contributed by atoms with E-state index >= 15 is 0 Å². The lowest BCUT2D eigenvalue weighted by atomic mass is 10.1. The number of aromatic nitrogens is 4. The first-order valence-electron chi connectivity index (χ1n) is 7.35. The number of carboxylic acids is 1. The molecule has 2 aromatic rings. The summed E-state index contributed by atoms with van der Waals surface area (Å²) in [5.41, 5.74) is 0.803. The number of aliphatic carboxylic acids is 1. The molecule has 0 aliphatic rings. The Balaban J connectivity index is 2.07. The molecule has 1 heterocycles. The Kier molecular flexibility index (Phi) is 5.90. The lowest BCUT2D eigenvalue weighted by Crippen LogP contribution is -2.04.